The minimum Gasteiger partial charge on any atom is -0.497 e. The highest BCUT2D eigenvalue weighted by Crippen LogP contribution is 2.29. The summed E-state index contributed by atoms with van der Waals surface area (Å²) in [6, 6.07) is 8.28. The quantitative estimate of drug-likeness (QED) is 0.887. The Kier molecular flexibility index (Phi) is 4.93. The zero-order valence-corrected chi connectivity index (χ0v) is 13.1. The van der Waals surface area contributed by atoms with E-state index in [9.17, 15) is 4.79 Å². The number of anilines is 1. The second kappa shape index (κ2) is 6.89. The van der Waals surface area contributed by atoms with Crippen LogP contribution in [0.2, 0.25) is 0 Å². The van der Waals surface area contributed by atoms with Crippen LogP contribution in [0.3, 0.4) is 0 Å². The van der Waals surface area contributed by atoms with E-state index >= 15 is 0 Å². The molecule has 6 heteroatoms. The molecule has 0 spiro atoms. The summed E-state index contributed by atoms with van der Waals surface area (Å²) in [5.41, 5.74) is 0.530. The Morgan fingerprint density at radius 2 is 1.95 bits per heavy atom. The van der Waals surface area contributed by atoms with Gasteiger partial charge in [0, 0.05) is 6.07 Å². The highest BCUT2D eigenvalue weighted by molar-refractivity contribution is 5.91. The maximum atomic E-state index is 12.1. The van der Waals surface area contributed by atoms with Crippen molar-refractivity contribution in [3.63, 3.8) is 0 Å². The van der Waals surface area contributed by atoms with Crippen molar-refractivity contribution < 1.29 is 18.7 Å². The third-order valence-electron chi connectivity index (χ3n) is 3.19. The van der Waals surface area contributed by atoms with Crippen LogP contribution >= 0.6 is 0 Å². The molecule has 1 aromatic carbocycles. The average Bonchev–Trinajstić information content (AvgIpc) is 2.93. The zero-order chi connectivity index (χ0) is 16.1. The number of nitrogens with one attached hydrogen (secondary N) is 2. The molecule has 2 aromatic rings. The summed E-state index contributed by atoms with van der Waals surface area (Å²) in [5, 5.41) is 5.55. The molecule has 1 aromatic heterocycles. The normalized spacial score (nSPS) is 11.6. The SMILES string of the molecule is COc1ccc(OC)c(NC(=O)N[C@@H](C)c2ccc(C)o2)c1. The molecule has 6 nitrogen and oxygen atoms in total. The lowest BCUT2D eigenvalue weighted by atomic mass is 10.2. The fraction of sp³-hybridized carbons (Fsp3) is 0.312. The predicted molar refractivity (Wildman–Crippen MR) is 83.6 cm³/mol. The molecule has 118 valence electrons. The highest BCUT2D eigenvalue weighted by Gasteiger charge is 2.14. The van der Waals surface area contributed by atoms with Gasteiger partial charge in [-0.15, -0.1) is 0 Å². The molecule has 0 aliphatic carbocycles. The fourth-order valence-electron chi connectivity index (χ4n) is 2.02. The van der Waals surface area contributed by atoms with Crippen molar-refractivity contribution in [1.82, 2.24) is 5.32 Å². The van der Waals surface area contributed by atoms with Gasteiger partial charge in [0.15, 0.2) is 0 Å². The van der Waals surface area contributed by atoms with Crippen molar-refractivity contribution in [1.29, 1.82) is 0 Å². The Bertz CT molecular complexity index is 651. The summed E-state index contributed by atoms with van der Waals surface area (Å²) in [5.74, 6) is 2.69. The van der Waals surface area contributed by atoms with Crippen molar-refractivity contribution >= 4 is 11.7 Å². The fourth-order valence-corrected chi connectivity index (χ4v) is 2.02. The van der Waals surface area contributed by atoms with E-state index in [1.54, 1.807) is 32.4 Å². The molecule has 0 fully saturated rings. The third-order valence-corrected chi connectivity index (χ3v) is 3.19. The van der Waals surface area contributed by atoms with Gasteiger partial charge in [-0.3, -0.25) is 0 Å². The molecule has 1 atom stereocenters. The van der Waals surface area contributed by atoms with Gasteiger partial charge in [-0.2, -0.15) is 0 Å². The lowest BCUT2D eigenvalue weighted by Crippen LogP contribution is -2.31. The molecule has 0 saturated carbocycles. The standard InChI is InChI=1S/C16H20N2O4/c1-10-5-7-14(22-10)11(2)17-16(19)18-13-9-12(20-3)6-8-15(13)21-4/h5-9,11H,1-4H3,(H2,17,18,19)/t11-/m0/s1. The van der Waals surface area contributed by atoms with E-state index in [1.165, 1.54) is 0 Å². The Hall–Kier alpha value is -2.63. The topological polar surface area (TPSA) is 72.7 Å². The number of methoxy groups -OCH3 is 2. The number of ether oxygens (including phenoxy) is 2. The molecule has 0 unspecified atom stereocenters. The van der Waals surface area contributed by atoms with Gasteiger partial charge in [-0.05, 0) is 38.1 Å². The summed E-state index contributed by atoms with van der Waals surface area (Å²) in [7, 11) is 3.10. The Balaban J connectivity index is 2.05. The van der Waals surface area contributed by atoms with Crippen molar-refractivity contribution in [2.45, 2.75) is 19.9 Å². The summed E-state index contributed by atoms with van der Waals surface area (Å²) < 4.78 is 15.9. The number of carbonyl (C=O) groups excluding carboxylic acids is 1. The summed E-state index contributed by atoms with van der Waals surface area (Å²) in [6.45, 7) is 3.71. The molecule has 2 N–H and O–H groups in total. The molecule has 0 saturated heterocycles. The number of furan rings is 1. The Morgan fingerprint density at radius 1 is 1.18 bits per heavy atom. The number of urea groups is 1. The van der Waals surface area contributed by atoms with Crippen LogP contribution in [0.15, 0.2) is 34.7 Å². The maximum Gasteiger partial charge on any atom is 0.319 e. The van der Waals surface area contributed by atoms with Gasteiger partial charge in [0.05, 0.1) is 25.9 Å². The van der Waals surface area contributed by atoms with E-state index in [0.29, 0.717) is 22.9 Å². The molecule has 0 radical (unpaired) electrons. The molecular formula is C16H20N2O4. The van der Waals surface area contributed by atoms with Crippen LogP contribution in [-0.2, 0) is 0 Å². The molecular weight excluding hydrogens is 284 g/mol. The van der Waals surface area contributed by atoms with Crippen LogP contribution in [-0.4, -0.2) is 20.3 Å². The van der Waals surface area contributed by atoms with Crippen LogP contribution in [0.4, 0.5) is 10.5 Å². The van der Waals surface area contributed by atoms with Crippen LogP contribution in [0, 0.1) is 6.92 Å². The first kappa shape index (κ1) is 15.8. The van der Waals surface area contributed by atoms with Gasteiger partial charge >= 0.3 is 6.03 Å². The lowest BCUT2D eigenvalue weighted by molar-refractivity contribution is 0.247. The summed E-state index contributed by atoms with van der Waals surface area (Å²) in [6.07, 6.45) is 0. The lowest BCUT2D eigenvalue weighted by Gasteiger charge is -2.15. The van der Waals surface area contributed by atoms with E-state index in [4.69, 9.17) is 13.9 Å². The number of carbonyl (C=O) groups is 1. The number of hydrogen-bond acceptors (Lipinski definition) is 4. The van der Waals surface area contributed by atoms with Gasteiger partial charge in [0.25, 0.3) is 0 Å². The first-order chi connectivity index (χ1) is 10.5. The molecule has 1 heterocycles. The number of hydrogen-bond donors (Lipinski definition) is 2. The molecule has 0 bridgehead atoms. The van der Waals surface area contributed by atoms with Crippen LogP contribution in [0.1, 0.15) is 24.5 Å². The van der Waals surface area contributed by atoms with Crippen molar-refractivity contribution in [2.75, 3.05) is 19.5 Å². The van der Waals surface area contributed by atoms with E-state index in [1.807, 2.05) is 26.0 Å². The second-order valence-electron chi connectivity index (χ2n) is 4.83. The Morgan fingerprint density at radius 3 is 2.55 bits per heavy atom. The highest BCUT2D eigenvalue weighted by atomic mass is 16.5. The first-order valence-corrected chi connectivity index (χ1v) is 6.89. The molecule has 22 heavy (non-hydrogen) atoms. The molecule has 0 aliphatic rings. The van der Waals surface area contributed by atoms with Crippen LogP contribution in [0.5, 0.6) is 11.5 Å². The minimum absolute atomic E-state index is 0.245. The minimum atomic E-state index is -0.354. The number of benzene rings is 1. The van der Waals surface area contributed by atoms with Crippen molar-refractivity contribution in [3.05, 3.63) is 41.9 Å². The molecule has 2 amide bonds. The number of amides is 2. The van der Waals surface area contributed by atoms with Gasteiger partial charge in [-0.25, -0.2) is 4.79 Å². The van der Waals surface area contributed by atoms with E-state index in [0.717, 1.165) is 5.76 Å². The van der Waals surface area contributed by atoms with Crippen molar-refractivity contribution in [3.8, 4) is 11.5 Å². The van der Waals surface area contributed by atoms with Gasteiger partial charge in [0.2, 0.25) is 0 Å². The van der Waals surface area contributed by atoms with Crippen molar-refractivity contribution in [2.24, 2.45) is 0 Å². The van der Waals surface area contributed by atoms with E-state index in [-0.39, 0.29) is 12.1 Å². The molecule has 2 rings (SSSR count). The zero-order valence-electron chi connectivity index (χ0n) is 13.1. The number of aryl methyl sites for hydroxylation is 1. The van der Waals surface area contributed by atoms with Gasteiger partial charge in [0.1, 0.15) is 23.0 Å². The first-order valence-electron chi connectivity index (χ1n) is 6.89. The van der Waals surface area contributed by atoms with E-state index < -0.39 is 0 Å². The Labute approximate surface area is 129 Å². The predicted octanol–water partition coefficient (Wildman–Crippen LogP) is 3.49. The largest absolute Gasteiger partial charge is 0.497 e. The molecule has 0 aliphatic heterocycles. The third kappa shape index (κ3) is 3.72. The smallest absolute Gasteiger partial charge is 0.319 e. The van der Waals surface area contributed by atoms with E-state index in [2.05, 4.69) is 10.6 Å². The average molecular weight is 304 g/mol. The second-order valence-corrected chi connectivity index (χ2v) is 4.83. The van der Waals surface area contributed by atoms with Crippen LogP contribution < -0.4 is 20.1 Å². The monoisotopic (exact) mass is 304 g/mol. The van der Waals surface area contributed by atoms with Gasteiger partial charge in [-0.1, -0.05) is 0 Å². The van der Waals surface area contributed by atoms with Gasteiger partial charge < -0.3 is 24.5 Å². The maximum absolute atomic E-state index is 12.1. The number of rotatable bonds is 5. The summed E-state index contributed by atoms with van der Waals surface area (Å²) in [4.78, 5) is 12.1. The van der Waals surface area contributed by atoms with Crippen LogP contribution in [0.25, 0.3) is 0 Å². The summed E-state index contributed by atoms with van der Waals surface area (Å²) >= 11 is 0.